The summed E-state index contributed by atoms with van der Waals surface area (Å²) in [6.07, 6.45) is -2.27. The van der Waals surface area contributed by atoms with Crippen molar-refractivity contribution in [2.75, 3.05) is 4.90 Å². The molecule has 0 amide bonds. The lowest BCUT2D eigenvalue weighted by molar-refractivity contribution is -0.143. The Hall–Kier alpha value is -2.71. The number of hydrogen-bond acceptors (Lipinski definition) is 3. The number of aliphatic hydroxyl groups is 1. The van der Waals surface area contributed by atoms with Crippen molar-refractivity contribution in [3.8, 4) is 0 Å². The van der Waals surface area contributed by atoms with Gasteiger partial charge in [-0.3, -0.25) is 0 Å². The van der Waals surface area contributed by atoms with Gasteiger partial charge in [0.2, 0.25) is 0 Å². The Bertz CT molecular complexity index is 930. The molecule has 0 atom stereocenters. The van der Waals surface area contributed by atoms with E-state index in [2.05, 4.69) is 4.99 Å². The van der Waals surface area contributed by atoms with Crippen LogP contribution in [0.25, 0.3) is 0 Å². The summed E-state index contributed by atoms with van der Waals surface area (Å²) in [5.74, 6) is 0.295. The molecule has 33 heavy (non-hydrogen) atoms. The number of benzene rings is 1. The number of aliphatic hydroxyl groups excluding tert-OH is 1. The highest BCUT2D eigenvalue weighted by atomic mass is 19.4. The second-order valence-corrected chi connectivity index (χ2v) is 8.01. The highest BCUT2D eigenvalue weighted by Crippen LogP contribution is 2.39. The molecule has 0 aliphatic heterocycles. The number of hydrogen-bond donors (Lipinski definition) is 1. The van der Waals surface area contributed by atoms with E-state index in [-0.39, 0.29) is 23.3 Å². The van der Waals surface area contributed by atoms with Crippen molar-refractivity contribution in [3.63, 3.8) is 0 Å². The third kappa shape index (κ3) is 6.65. The van der Waals surface area contributed by atoms with Crippen molar-refractivity contribution >= 4 is 11.9 Å². The zero-order valence-electron chi connectivity index (χ0n) is 19.0. The Morgan fingerprint density at radius 2 is 1.61 bits per heavy atom. The van der Waals surface area contributed by atoms with E-state index in [0.717, 1.165) is 24.8 Å². The van der Waals surface area contributed by atoms with Crippen LogP contribution in [0.4, 0.5) is 32.0 Å². The molecule has 9 heteroatoms. The Labute approximate surface area is 189 Å². The Morgan fingerprint density at radius 3 is 1.97 bits per heavy atom. The molecule has 1 aliphatic rings. The Balaban J connectivity index is 2.59. The van der Waals surface area contributed by atoms with Gasteiger partial charge in [0.05, 0.1) is 11.1 Å². The van der Waals surface area contributed by atoms with Gasteiger partial charge in [0, 0.05) is 23.5 Å². The molecule has 1 fully saturated rings. The van der Waals surface area contributed by atoms with Crippen LogP contribution in [0.1, 0.15) is 64.5 Å². The minimum absolute atomic E-state index is 0.106. The highest BCUT2D eigenvalue weighted by Gasteiger charge is 2.37. The van der Waals surface area contributed by atoms with E-state index in [0.29, 0.717) is 24.1 Å². The Morgan fingerprint density at radius 1 is 1.06 bits per heavy atom. The van der Waals surface area contributed by atoms with Crippen LogP contribution in [-0.2, 0) is 12.4 Å². The summed E-state index contributed by atoms with van der Waals surface area (Å²) in [5, 5.41) is 10.4. The number of alkyl halides is 6. The average Bonchev–Trinajstić information content (AvgIpc) is 2.65. The van der Waals surface area contributed by atoms with E-state index in [1.54, 1.807) is 39.8 Å². The highest BCUT2D eigenvalue weighted by molar-refractivity contribution is 5.85. The van der Waals surface area contributed by atoms with E-state index in [1.165, 1.54) is 11.1 Å². The Kier molecular flexibility index (Phi) is 8.43. The second-order valence-electron chi connectivity index (χ2n) is 8.01. The maximum Gasteiger partial charge on any atom is 0.416 e. The minimum atomic E-state index is -4.95. The zero-order valence-corrected chi connectivity index (χ0v) is 19.0. The van der Waals surface area contributed by atoms with E-state index in [1.807, 2.05) is 0 Å². The maximum atomic E-state index is 13.4. The van der Waals surface area contributed by atoms with Crippen LogP contribution in [0.3, 0.4) is 0 Å². The molecule has 2 rings (SSSR count). The molecule has 1 aromatic carbocycles. The molecule has 0 spiro atoms. The summed E-state index contributed by atoms with van der Waals surface area (Å²) in [7, 11) is 0. The number of anilines is 1. The van der Waals surface area contributed by atoms with Crippen molar-refractivity contribution in [3.05, 3.63) is 64.2 Å². The third-order valence-electron chi connectivity index (χ3n) is 5.21. The van der Waals surface area contributed by atoms with Crippen LogP contribution in [0, 0.1) is 0 Å². The molecule has 1 aromatic rings. The molecule has 1 N–H and O–H groups in total. The fraction of sp³-hybridized carbons (Fsp3) is 0.458. The first-order valence-corrected chi connectivity index (χ1v) is 10.7. The van der Waals surface area contributed by atoms with Gasteiger partial charge in [-0.1, -0.05) is 13.0 Å². The summed E-state index contributed by atoms with van der Waals surface area (Å²) in [6, 6.07) is 0.990. The van der Waals surface area contributed by atoms with Crippen LogP contribution >= 0.6 is 0 Å². The first kappa shape index (κ1) is 26.5. The molecule has 1 aliphatic carbocycles. The average molecular weight is 474 g/mol. The predicted molar refractivity (Wildman–Crippen MR) is 118 cm³/mol. The zero-order chi connectivity index (χ0) is 25.0. The van der Waals surface area contributed by atoms with Crippen LogP contribution in [-0.4, -0.2) is 17.4 Å². The van der Waals surface area contributed by atoms with Gasteiger partial charge < -0.3 is 10.0 Å². The second kappa shape index (κ2) is 10.5. The molecular formula is C24H28F6N2O. The van der Waals surface area contributed by atoms with Crippen molar-refractivity contribution in [1.82, 2.24) is 0 Å². The van der Waals surface area contributed by atoms with Crippen molar-refractivity contribution in [2.24, 2.45) is 4.99 Å². The number of nitrogens with zero attached hydrogens (tertiary/aromatic N) is 2. The van der Waals surface area contributed by atoms with E-state index >= 15 is 0 Å². The van der Waals surface area contributed by atoms with Crippen molar-refractivity contribution < 1.29 is 31.4 Å². The molecule has 0 heterocycles. The number of halogens is 6. The largest absolute Gasteiger partial charge is 0.507 e. The molecule has 1 saturated carbocycles. The molecule has 0 aromatic heterocycles. The van der Waals surface area contributed by atoms with Gasteiger partial charge in [-0.05, 0) is 76.3 Å². The molecule has 3 nitrogen and oxygen atoms in total. The van der Waals surface area contributed by atoms with E-state index < -0.39 is 29.5 Å². The van der Waals surface area contributed by atoms with Crippen molar-refractivity contribution in [1.29, 1.82) is 0 Å². The van der Waals surface area contributed by atoms with Gasteiger partial charge >= 0.3 is 12.4 Å². The van der Waals surface area contributed by atoms with Crippen LogP contribution in [0.15, 0.2) is 58.1 Å². The number of aliphatic imine (C=N–C) groups is 1. The minimum Gasteiger partial charge on any atom is -0.507 e. The molecular weight excluding hydrogens is 446 g/mol. The molecule has 0 saturated heterocycles. The van der Waals surface area contributed by atoms with Crippen LogP contribution < -0.4 is 4.90 Å². The van der Waals surface area contributed by atoms with Gasteiger partial charge in [0.25, 0.3) is 0 Å². The van der Waals surface area contributed by atoms with Crippen LogP contribution in [0.2, 0.25) is 0 Å². The topological polar surface area (TPSA) is 35.8 Å². The predicted octanol–water partition coefficient (Wildman–Crippen LogP) is 8.20. The van der Waals surface area contributed by atoms with E-state index in [4.69, 9.17) is 0 Å². The lowest BCUT2D eigenvalue weighted by atomic mass is 9.89. The summed E-state index contributed by atoms with van der Waals surface area (Å²) in [4.78, 5) is 5.69. The lowest BCUT2D eigenvalue weighted by Crippen LogP contribution is -2.30. The SMILES string of the molecule is C\C=C(/C=N\C(=C\CC)N(c1cc(C(F)(F)F)cc(C(F)(F)F)c1)C(C)C)C(O)=C1CCC1. The monoisotopic (exact) mass is 474 g/mol. The lowest BCUT2D eigenvalue weighted by Gasteiger charge is -2.30. The molecule has 0 bridgehead atoms. The number of rotatable bonds is 7. The van der Waals surface area contributed by atoms with Crippen molar-refractivity contribution in [2.45, 2.75) is 71.8 Å². The third-order valence-corrected chi connectivity index (χ3v) is 5.21. The molecule has 0 radical (unpaired) electrons. The van der Waals surface area contributed by atoms with Gasteiger partial charge in [-0.15, -0.1) is 0 Å². The van der Waals surface area contributed by atoms with Gasteiger partial charge in [0.15, 0.2) is 0 Å². The summed E-state index contributed by atoms with van der Waals surface area (Å²) >= 11 is 0. The molecule has 182 valence electrons. The normalized spacial score (nSPS) is 15.9. The van der Waals surface area contributed by atoms with Crippen LogP contribution in [0.5, 0.6) is 0 Å². The fourth-order valence-corrected chi connectivity index (χ4v) is 3.37. The quantitative estimate of drug-likeness (QED) is 0.246. The summed E-state index contributed by atoms with van der Waals surface area (Å²) in [5.41, 5.74) is -1.72. The molecule has 0 unspecified atom stereocenters. The van der Waals surface area contributed by atoms with Gasteiger partial charge in [0.1, 0.15) is 11.6 Å². The van der Waals surface area contributed by atoms with Gasteiger partial charge in [-0.25, -0.2) is 4.99 Å². The summed E-state index contributed by atoms with van der Waals surface area (Å²) < 4.78 is 80.3. The van der Waals surface area contributed by atoms with Gasteiger partial charge in [-0.2, -0.15) is 26.3 Å². The maximum absolute atomic E-state index is 13.4. The van der Waals surface area contributed by atoms with E-state index in [9.17, 15) is 31.4 Å². The smallest absolute Gasteiger partial charge is 0.416 e. The first-order chi connectivity index (χ1) is 15.3. The standard InChI is InChI=1S/C24H28F6N2O/c1-5-8-21(31-14-16(6-2)22(33)17-9-7-10-17)32(15(3)4)20-12-18(23(25,26)27)11-19(13-20)24(28,29)30/h6,8,11-15,33H,5,7,9-10H2,1-4H3/b16-6+,21-8-,31-14-. The number of allylic oxidation sites excluding steroid dienone is 4. The first-order valence-electron chi connectivity index (χ1n) is 10.7. The fourth-order valence-electron chi connectivity index (χ4n) is 3.37. The summed E-state index contributed by atoms with van der Waals surface area (Å²) in [6.45, 7) is 6.79.